The van der Waals surface area contributed by atoms with Crippen LogP contribution < -0.4 is 0 Å². The maximum atomic E-state index is 13.1. The lowest BCUT2D eigenvalue weighted by Crippen LogP contribution is -2.32. The molecule has 0 spiro atoms. The topological polar surface area (TPSA) is 95.7 Å². The molecule has 32 heavy (non-hydrogen) atoms. The number of hydrogen-bond acceptors (Lipinski definition) is 5. The Morgan fingerprint density at radius 2 is 1.88 bits per heavy atom. The number of aromatic hydroxyl groups is 1. The number of phenolic OH excluding ortho intramolecular Hbond substituents is 1. The first kappa shape index (κ1) is 21.1. The van der Waals surface area contributed by atoms with Gasteiger partial charge >= 0.3 is 0 Å². The predicted octanol–water partition coefficient (Wildman–Crippen LogP) is 3.66. The van der Waals surface area contributed by atoms with Crippen molar-refractivity contribution in [3.05, 3.63) is 102 Å². The highest BCUT2D eigenvalue weighted by Crippen LogP contribution is 2.39. The molecule has 1 aromatic heterocycles. The van der Waals surface area contributed by atoms with Crippen LogP contribution in [0.25, 0.3) is 6.08 Å². The maximum absolute atomic E-state index is 13.1. The molecular formula is C25H23N3O4. The lowest BCUT2D eigenvalue weighted by Gasteiger charge is -2.26. The van der Waals surface area contributed by atoms with Gasteiger partial charge in [0.1, 0.15) is 5.75 Å². The van der Waals surface area contributed by atoms with E-state index >= 15 is 0 Å². The Morgan fingerprint density at radius 3 is 2.59 bits per heavy atom. The van der Waals surface area contributed by atoms with Gasteiger partial charge in [0, 0.05) is 25.5 Å². The number of aryl methyl sites for hydroxylation is 1. The molecule has 162 valence electrons. The minimum absolute atomic E-state index is 0.00964. The van der Waals surface area contributed by atoms with Crippen molar-refractivity contribution in [3.8, 4) is 5.75 Å². The largest absolute Gasteiger partial charge is 0.508 e. The first-order valence-electron chi connectivity index (χ1n) is 10.3. The highest BCUT2D eigenvalue weighted by Gasteiger charge is 2.42. The van der Waals surface area contributed by atoms with Gasteiger partial charge in [-0.25, -0.2) is 4.98 Å². The highest BCUT2D eigenvalue weighted by atomic mass is 16.3. The van der Waals surface area contributed by atoms with Gasteiger partial charge < -0.3 is 19.7 Å². The summed E-state index contributed by atoms with van der Waals surface area (Å²) in [6.07, 6.45) is 8.81. The van der Waals surface area contributed by atoms with E-state index in [0.29, 0.717) is 25.1 Å². The first-order valence-corrected chi connectivity index (χ1v) is 10.3. The second-order valence-electron chi connectivity index (χ2n) is 7.52. The molecular weight excluding hydrogens is 406 g/mol. The lowest BCUT2D eigenvalue weighted by molar-refractivity contribution is -0.129. The Balaban J connectivity index is 1.62. The number of aliphatic hydroxyl groups is 1. The Kier molecular flexibility index (Phi) is 6.17. The molecule has 0 radical (unpaired) electrons. The van der Waals surface area contributed by atoms with Crippen LogP contribution in [0.4, 0.5) is 0 Å². The zero-order valence-corrected chi connectivity index (χ0v) is 17.3. The average Bonchev–Trinajstić information content (AvgIpc) is 3.40. The van der Waals surface area contributed by atoms with E-state index < -0.39 is 23.5 Å². The predicted molar refractivity (Wildman–Crippen MR) is 120 cm³/mol. The quantitative estimate of drug-likeness (QED) is 0.533. The second kappa shape index (κ2) is 9.34. The number of carbonyl (C=O) groups is 2. The molecule has 3 aromatic rings. The van der Waals surface area contributed by atoms with Gasteiger partial charge in [-0.3, -0.25) is 9.59 Å². The fourth-order valence-corrected chi connectivity index (χ4v) is 3.85. The number of amides is 1. The summed E-state index contributed by atoms with van der Waals surface area (Å²) < 4.78 is 1.89. The molecule has 0 aliphatic carbocycles. The van der Waals surface area contributed by atoms with Crippen LogP contribution in [0, 0.1) is 0 Å². The van der Waals surface area contributed by atoms with Crippen molar-refractivity contribution in [2.45, 2.75) is 19.0 Å². The number of benzene rings is 2. The van der Waals surface area contributed by atoms with Crippen LogP contribution in [-0.2, 0) is 16.1 Å². The number of aromatic nitrogens is 2. The monoisotopic (exact) mass is 429 g/mol. The van der Waals surface area contributed by atoms with Gasteiger partial charge in [0.15, 0.2) is 11.5 Å². The molecule has 2 heterocycles. The van der Waals surface area contributed by atoms with Gasteiger partial charge in [0.05, 0.1) is 17.9 Å². The smallest absolute Gasteiger partial charge is 0.290 e. The van der Waals surface area contributed by atoms with E-state index in [4.69, 9.17) is 0 Å². The fourth-order valence-electron chi connectivity index (χ4n) is 3.85. The second-order valence-corrected chi connectivity index (χ2v) is 7.52. The Hall–Kier alpha value is -4.13. The summed E-state index contributed by atoms with van der Waals surface area (Å²) >= 11 is 0. The minimum Gasteiger partial charge on any atom is -0.508 e. The van der Waals surface area contributed by atoms with Crippen LogP contribution in [0.2, 0.25) is 0 Å². The number of imidazole rings is 1. The number of aliphatic hydroxyl groups excluding tert-OH is 1. The van der Waals surface area contributed by atoms with Crippen LogP contribution in [0.1, 0.15) is 23.6 Å². The molecule has 1 unspecified atom stereocenters. The summed E-state index contributed by atoms with van der Waals surface area (Å²) in [6.45, 7) is 0.953. The van der Waals surface area contributed by atoms with Gasteiger partial charge in [-0.2, -0.15) is 0 Å². The summed E-state index contributed by atoms with van der Waals surface area (Å²) in [5.41, 5.74) is 1.40. The van der Waals surface area contributed by atoms with Crippen molar-refractivity contribution in [3.63, 3.8) is 0 Å². The van der Waals surface area contributed by atoms with Gasteiger partial charge in [0.2, 0.25) is 0 Å². The summed E-state index contributed by atoms with van der Waals surface area (Å²) in [6, 6.07) is 14.9. The third-order valence-corrected chi connectivity index (χ3v) is 5.36. The summed E-state index contributed by atoms with van der Waals surface area (Å²) in [4.78, 5) is 31.5. The molecule has 2 N–H and O–H groups in total. The van der Waals surface area contributed by atoms with Crippen molar-refractivity contribution in [1.82, 2.24) is 14.5 Å². The SMILES string of the molecule is O=C(/C=C/c1ccccc1)C1=C(O)C(=O)N(CCCn2ccnc2)C1c1cccc(O)c1. The number of hydrogen-bond donors (Lipinski definition) is 2. The fraction of sp³-hybridized carbons (Fsp3) is 0.160. The lowest BCUT2D eigenvalue weighted by atomic mass is 9.95. The standard InChI is InChI=1S/C25H23N3O4/c29-20-9-4-8-19(16-20)23-22(21(30)11-10-18-6-2-1-3-7-18)24(31)25(32)28(23)14-5-13-27-15-12-26-17-27/h1-4,6-12,15-17,23,29,31H,5,13-14H2/b11-10+. The first-order chi connectivity index (χ1) is 15.5. The number of rotatable bonds is 8. The third-order valence-electron chi connectivity index (χ3n) is 5.36. The number of carbonyl (C=O) groups excluding carboxylic acids is 2. The van der Waals surface area contributed by atoms with Crippen LogP contribution in [-0.4, -0.2) is 42.9 Å². The minimum atomic E-state index is -0.787. The molecule has 7 heteroatoms. The molecule has 1 amide bonds. The number of allylic oxidation sites excluding steroid dienone is 1. The molecule has 4 rings (SSSR count). The zero-order valence-electron chi connectivity index (χ0n) is 17.3. The molecule has 1 aliphatic rings. The van der Waals surface area contributed by atoms with Crippen LogP contribution in [0.3, 0.4) is 0 Å². The van der Waals surface area contributed by atoms with E-state index in [-0.39, 0.29) is 11.3 Å². The Morgan fingerprint density at radius 1 is 1.06 bits per heavy atom. The number of phenols is 1. The van der Waals surface area contributed by atoms with Crippen LogP contribution >= 0.6 is 0 Å². The molecule has 1 atom stereocenters. The number of nitrogens with zero attached hydrogens (tertiary/aromatic N) is 3. The molecule has 0 saturated carbocycles. The van der Waals surface area contributed by atoms with E-state index in [1.54, 1.807) is 30.7 Å². The summed E-state index contributed by atoms with van der Waals surface area (Å²) in [5, 5.41) is 20.6. The van der Waals surface area contributed by atoms with Crippen LogP contribution in [0.15, 0.2) is 90.7 Å². The number of ketones is 1. The normalized spacial score (nSPS) is 16.3. The van der Waals surface area contributed by atoms with E-state index in [1.165, 1.54) is 23.1 Å². The van der Waals surface area contributed by atoms with Crippen molar-refractivity contribution in [2.75, 3.05) is 6.54 Å². The molecule has 7 nitrogen and oxygen atoms in total. The molecule has 0 bridgehead atoms. The highest BCUT2D eigenvalue weighted by molar-refractivity contribution is 6.14. The summed E-state index contributed by atoms with van der Waals surface area (Å²) in [7, 11) is 0. The van der Waals surface area contributed by atoms with E-state index in [2.05, 4.69) is 4.98 Å². The van der Waals surface area contributed by atoms with Crippen molar-refractivity contribution in [1.29, 1.82) is 0 Å². The van der Waals surface area contributed by atoms with Gasteiger partial charge in [0.25, 0.3) is 5.91 Å². The van der Waals surface area contributed by atoms with Crippen molar-refractivity contribution < 1.29 is 19.8 Å². The van der Waals surface area contributed by atoms with Crippen LogP contribution in [0.5, 0.6) is 5.75 Å². The van der Waals surface area contributed by atoms with E-state index in [0.717, 1.165) is 5.56 Å². The van der Waals surface area contributed by atoms with Gasteiger partial charge in [-0.1, -0.05) is 48.5 Å². The van der Waals surface area contributed by atoms with E-state index in [1.807, 2.05) is 41.1 Å². The maximum Gasteiger partial charge on any atom is 0.290 e. The molecule has 0 fully saturated rings. The van der Waals surface area contributed by atoms with Crippen molar-refractivity contribution >= 4 is 17.8 Å². The van der Waals surface area contributed by atoms with Gasteiger partial charge in [-0.15, -0.1) is 0 Å². The molecule has 0 saturated heterocycles. The zero-order chi connectivity index (χ0) is 22.5. The van der Waals surface area contributed by atoms with Crippen molar-refractivity contribution in [2.24, 2.45) is 0 Å². The Labute approximate surface area is 185 Å². The third kappa shape index (κ3) is 4.46. The average molecular weight is 429 g/mol. The van der Waals surface area contributed by atoms with E-state index in [9.17, 15) is 19.8 Å². The summed E-state index contributed by atoms with van der Waals surface area (Å²) in [5.74, 6) is -1.58. The Bertz CT molecular complexity index is 1170. The molecule has 1 aliphatic heterocycles. The van der Waals surface area contributed by atoms with Gasteiger partial charge in [-0.05, 0) is 35.8 Å². The molecule has 2 aromatic carbocycles.